The first kappa shape index (κ1) is 8.01. The normalized spacial score (nSPS) is 9.64. The van der Waals surface area contributed by atoms with Crippen LogP contribution in [0.3, 0.4) is 0 Å². The van der Waals surface area contributed by atoms with Gasteiger partial charge in [0.25, 0.3) is 0 Å². The molecule has 0 aliphatic heterocycles. The smallest absolute Gasteiger partial charge is 0.161 e. The molecular formula is C8H11FNO+. The topological polar surface area (TPSA) is 34.9 Å². The van der Waals surface area contributed by atoms with E-state index >= 15 is 0 Å². The fraction of sp³-hybridized carbons (Fsp3) is 0.250. The summed E-state index contributed by atoms with van der Waals surface area (Å²) in [4.78, 5) is 0. The summed E-state index contributed by atoms with van der Waals surface area (Å²) in [5.74, 6) is -0.263. The summed E-state index contributed by atoms with van der Waals surface area (Å²) >= 11 is 0. The summed E-state index contributed by atoms with van der Waals surface area (Å²) in [5, 5.41) is 9.64. The maximum absolute atomic E-state index is 12.8. The van der Waals surface area contributed by atoms with E-state index in [9.17, 15) is 4.39 Å². The van der Waals surface area contributed by atoms with Crippen LogP contribution in [-0.2, 0) is 0 Å². The fourth-order valence-electron chi connectivity index (χ4n) is 0.802. The Labute approximate surface area is 64.7 Å². The second kappa shape index (κ2) is 3.93. The third-order valence-corrected chi connectivity index (χ3v) is 1.31. The predicted molar refractivity (Wildman–Crippen MR) is 43.4 cm³/mol. The highest BCUT2D eigenvalue weighted by molar-refractivity contribution is 5.44. The molecule has 0 saturated heterocycles. The lowest BCUT2D eigenvalue weighted by atomic mass is 10.3. The highest BCUT2D eigenvalue weighted by Crippen LogP contribution is 2.11. The third-order valence-electron chi connectivity index (χ3n) is 1.31. The summed E-state index contributed by atoms with van der Waals surface area (Å²) in [6.45, 7) is 0.745. The van der Waals surface area contributed by atoms with E-state index in [-0.39, 0.29) is 12.4 Å². The molecule has 0 heterocycles. The van der Waals surface area contributed by atoms with Crippen molar-refractivity contribution in [1.82, 2.24) is 0 Å². The van der Waals surface area contributed by atoms with E-state index in [0.717, 1.165) is 0 Å². The minimum Gasteiger partial charge on any atom is -0.444 e. The molecule has 0 aliphatic rings. The van der Waals surface area contributed by atoms with Crippen molar-refractivity contribution in [3.8, 4) is 0 Å². The Hall–Kier alpha value is -1.09. The van der Waals surface area contributed by atoms with Crippen molar-refractivity contribution >= 4 is 5.69 Å². The minimum absolute atomic E-state index is 0.258. The molecule has 0 aliphatic carbocycles. The van der Waals surface area contributed by atoms with Crippen molar-refractivity contribution in [3.63, 3.8) is 0 Å². The highest BCUT2D eigenvalue weighted by atomic mass is 19.1. The van der Waals surface area contributed by atoms with Crippen molar-refractivity contribution in [3.05, 3.63) is 30.1 Å². The van der Waals surface area contributed by atoms with Gasteiger partial charge in [0.2, 0.25) is 0 Å². The average Bonchev–Trinajstić information content (AvgIpc) is 2.03. The molecule has 1 aromatic carbocycles. The van der Waals surface area contributed by atoms with Crippen molar-refractivity contribution in [1.29, 1.82) is 0 Å². The Morgan fingerprint density at radius 1 is 1.36 bits per heavy atom. The predicted octanol–water partition coefficient (Wildman–Crippen LogP) is 0.962. The number of rotatable bonds is 3. The van der Waals surface area contributed by atoms with Crippen LogP contribution >= 0.6 is 0 Å². The SMILES string of the molecule is [OH2+]CCNc1ccccc1F. The lowest BCUT2D eigenvalue weighted by Crippen LogP contribution is -2.06. The van der Waals surface area contributed by atoms with Crippen LogP contribution in [0.15, 0.2) is 24.3 Å². The van der Waals surface area contributed by atoms with Gasteiger partial charge in [-0.2, -0.15) is 0 Å². The molecule has 0 radical (unpaired) electrons. The molecule has 0 aromatic heterocycles. The van der Waals surface area contributed by atoms with Crippen LogP contribution in [0, 0.1) is 5.82 Å². The van der Waals surface area contributed by atoms with Gasteiger partial charge in [0.1, 0.15) is 5.82 Å². The Kier molecular flexibility index (Phi) is 2.86. The number of nitrogens with one attached hydrogen (secondary N) is 1. The zero-order valence-electron chi connectivity index (χ0n) is 6.10. The Bertz CT molecular complexity index is 227. The van der Waals surface area contributed by atoms with Crippen LogP contribution in [0.5, 0.6) is 0 Å². The van der Waals surface area contributed by atoms with Crippen molar-refractivity contribution < 1.29 is 9.50 Å². The second-order valence-corrected chi connectivity index (χ2v) is 2.16. The van der Waals surface area contributed by atoms with E-state index in [1.54, 1.807) is 18.2 Å². The fourth-order valence-corrected chi connectivity index (χ4v) is 0.802. The average molecular weight is 156 g/mol. The van der Waals surface area contributed by atoms with Gasteiger partial charge in [-0.15, -0.1) is 0 Å². The van der Waals surface area contributed by atoms with Crippen molar-refractivity contribution in [2.45, 2.75) is 0 Å². The molecule has 11 heavy (non-hydrogen) atoms. The third kappa shape index (κ3) is 2.20. The first-order valence-electron chi connectivity index (χ1n) is 3.47. The molecule has 0 bridgehead atoms. The molecule has 0 amide bonds. The van der Waals surface area contributed by atoms with E-state index in [1.807, 2.05) is 0 Å². The first-order chi connectivity index (χ1) is 5.34. The molecule has 0 saturated carbocycles. The molecule has 3 heteroatoms. The number of hydrogen-bond acceptors (Lipinski definition) is 1. The van der Waals surface area contributed by atoms with E-state index in [2.05, 4.69) is 5.32 Å². The van der Waals surface area contributed by atoms with Crippen molar-refractivity contribution in [2.75, 3.05) is 18.5 Å². The van der Waals surface area contributed by atoms with Gasteiger partial charge in [-0.3, -0.25) is 0 Å². The Balaban J connectivity index is 2.62. The molecular weight excluding hydrogens is 145 g/mol. The van der Waals surface area contributed by atoms with Crippen LogP contribution in [-0.4, -0.2) is 18.3 Å². The van der Waals surface area contributed by atoms with Gasteiger partial charge in [-0.05, 0) is 12.1 Å². The number of benzene rings is 1. The number of hydrogen-bond donors (Lipinski definition) is 1. The van der Waals surface area contributed by atoms with Gasteiger partial charge in [0.05, 0.1) is 12.2 Å². The van der Waals surface area contributed by atoms with Gasteiger partial charge < -0.3 is 10.4 Å². The van der Waals surface area contributed by atoms with Gasteiger partial charge >= 0.3 is 0 Å². The van der Waals surface area contributed by atoms with Gasteiger partial charge in [-0.1, -0.05) is 12.1 Å². The minimum atomic E-state index is -0.263. The zero-order valence-corrected chi connectivity index (χ0v) is 6.10. The Morgan fingerprint density at radius 3 is 2.73 bits per heavy atom. The summed E-state index contributed by atoms with van der Waals surface area (Å²) in [5.41, 5.74) is 0.472. The lowest BCUT2D eigenvalue weighted by Gasteiger charge is -2.02. The van der Waals surface area contributed by atoms with E-state index < -0.39 is 0 Å². The van der Waals surface area contributed by atoms with Gasteiger partial charge in [0.15, 0.2) is 6.61 Å². The molecule has 60 valence electrons. The summed E-state index contributed by atoms with van der Waals surface area (Å²) in [6.07, 6.45) is 0. The quantitative estimate of drug-likeness (QED) is 0.650. The molecule has 0 spiro atoms. The molecule has 3 N–H and O–H groups in total. The molecule has 0 fully saturated rings. The first-order valence-corrected chi connectivity index (χ1v) is 3.47. The van der Waals surface area contributed by atoms with E-state index in [0.29, 0.717) is 12.2 Å². The molecule has 1 aromatic rings. The van der Waals surface area contributed by atoms with E-state index in [4.69, 9.17) is 5.11 Å². The summed E-state index contributed by atoms with van der Waals surface area (Å²) in [6, 6.07) is 6.45. The standard InChI is InChI=1S/C8H10FNO/c9-7-3-1-2-4-8(7)10-5-6-11/h1-4,10-11H,5-6H2/p+1. The second-order valence-electron chi connectivity index (χ2n) is 2.16. The maximum Gasteiger partial charge on any atom is 0.161 e. The van der Waals surface area contributed by atoms with Crippen LogP contribution in [0.4, 0.5) is 10.1 Å². The summed E-state index contributed by atoms with van der Waals surface area (Å²) in [7, 11) is 0. The van der Waals surface area contributed by atoms with Crippen LogP contribution in [0.2, 0.25) is 0 Å². The number of halogens is 1. The highest BCUT2D eigenvalue weighted by Gasteiger charge is 1.97. The monoisotopic (exact) mass is 156 g/mol. The lowest BCUT2D eigenvalue weighted by molar-refractivity contribution is 0.311. The zero-order chi connectivity index (χ0) is 8.10. The van der Waals surface area contributed by atoms with Gasteiger partial charge in [-0.25, -0.2) is 4.39 Å². The van der Waals surface area contributed by atoms with E-state index in [1.165, 1.54) is 6.07 Å². The van der Waals surface area contributed by atoms with Crippen LogP contribution < -0.4 is 5.32 Å². The number of para-hydroxylation sites is 1. The van der Waals surface area contributed by atoms with Gasteiger partial charge in [0, 0.05) is 0 Å². The maximum atomic E-state index is 12.8. The van der Waals surface area contributed by atoms with Crippen LogP contribution in [0.25, 0.3) is 0 Å². The molecule has 0 atom stereocenters. The molecule has 0 unspecified atom stereocenters. The molecule has 1 rings (SSSR count). The summed E-state index contributed by atoms with van der Waals surface area (Å²) < 4.78 is 12.8. The largest absolute Gasteiger partial charge is 0.444 e. The molecule has 2 nitrogen and oxygen atoms in total. The van der Waals surface area contributed by atoms with Crippen molar-refractivity contribution in [2.24, 2.45) is 0 Å². The van der Waals surface area contributed by atoms with Crippen LogP contribution in [0.1, 0.15) is 0 Å². The number of anilines is 1. The Morgan fingerprint density at radius 2 is 2.09 bits per heavy atom.